The number of carboxylic acid groups (broad SMARTS) is 3. The lowest BCUT2D eigenvalue weighted by atomic mass is 9.96. The molecule has 11 nitrogen and oxygen atoms in total. The molecule has 0 unspecified atom stereocenters. The molecule has 0 aromatic heterocycles. The Morgan fingerprint density at radius 1 is 1.00 bits per heavy atom. The van der Waals surface area contributed by atoms with Crippen LogP contribution in [0.4, 0.5) is 0 Å². The fourth-order valence-electron chi connectivity index (χ4n) is 0.714. The minimum Gasteiger partial charge on any atom is -0.481 e. The van der Waals surface area contributed by atoms with Gasteiger partial charge in [-0.15, -0.1) is 0 Å². The largest absolute Gasteiger partial charge is 0.481 e. The fraction of sp³-hybridized carbons (Fsp3) is 0.700. The Kier molecular flexibility index (Phi) is 21.3. The third kappa shape index (κ3) is 20.7. The van der Waals surface area contributed by atoms with Gasteiger partial charge in [0.1, 0.15) is 0 Å². The first-order valence-corrected chi connectivity index (χ1v) is 5.42. The smallest absolute Gasteiger partial charge is 0.336 e. The van der Waals surface area contributed by atoms with Crippen LogP contribution in [-0.4, -0.2) is 79.4 Å². The number of aliphatic hydroxyl groups excluding tert-OH is 2. The van der Waals surface area contributed by atoms with Gasteiger partial charge in [-0.3, -0.25) is 9.59 Å². The average molecular weight is 317 g/mol. The summed E-state index contributed by atoms with van der Waals surface area (Å²) in [5.41, 5.74) is 2.04. The number of aliphatic hydroxyl groups is 3. The second kappa shape index (κ2) is 16.3. The molecule has 0 amide bonds. The molecule has 21 heavy (non-hydrogen) atoms. The molecule has 0 aliphatic heterocycles. The number of nitrogens with two attached hydrogens (primary N) is 1. The third-order valence-electron chi connectivity index (χ3n) is 1.41. The molecular weight excluding hydrogens is 294 g/mol. The lowest BCUT2D eigenvalue weighted by molar-refractivity contribution is -0.170. The molecule has 0 radical (unpaired) electrons. The van der Waals surface area contributed by atoms with Crippen LogP contribution in [-0.2, 0) is 14.4 Å². The topological polar surface area (TPSA) is 230 Å². The van der Waals surface area contributed by atoms with Crippen LogP contribution in [0.3, 0.4) is 0 Å². The van der Waals surface area contributed by atoms with Gasteiger partial charge in [-0.2, -0.15) is 0 Å². The number of rotatable bonds is 6. The third-order valence-corrected chi connectivity index (χ3v) is 1.41. The van der Waals surface area contributed by atoms with Crippen molar-refractivity contribution >= 4 is 17.9 Å². The Hall–Kier alpha value is -1.79. The number of aliphatic carboxylic acids is 3. The molecule has 0 atom stereocenters. The van der Waals surface area contributed by atoms with Gasteiger partial charge < -0.3 is 41.8 Å². The Balaban J connectivity index is -0.000000152. The van der Waals surface area contributed by atoms with E-state index in [0.717, 1.165) is 0 Å². The van der Waals surface area contributed by atoms with Gasteiger partial charge in [0.15, 0.2) is 5.60 Å². The van der Waals surface area contributed by atoms with E-state index in [1.165, 1.54) is 0 Å². The van der Waals surface area contributed by atoms with Gasteiger partial charge in [-0.25, -0.2) is 4.79 Å². The number of hydrogen-bond donors (Lipinski definition) is 7. The van der Waals surface area contributed by atoms with Gasteiger partial charge in [0.2, 0.25) is 0 Å². The van der Waals surface area contributed by atoms with E-state index in [9.17, 15) is 14.4 Å². The minimum atomic E-state index is -2.74. The van der Waals surface area contributed by atoms with Gasteiger partial charge in [-0.1, -0.05) is 0 Å². The van der Waals surface area contributed by atoms with Crippen LogP contribution in [0.15, 0.2) is 0 Å². The van der Waals surface area contributed by atoms with Crippen LogP contribution in [0.25, 0.3) is 0 Å². The molecule has 0 aliphatic carbocycles. The molecule has 0 aromatic rings. The molecule has 0 rings (SSSR count). The highest BCUT2D eigenvalue weighted by atomic mass is 16.4. The number of carboxylic acids is 3. The van der Waals surface area contributed by atoms with Gasteiger partial charge in [0.05, 0.1) is 19.4 Å². The SMILES string of the molecule is CCO.NCCO.O.O=C(O)CC(O)(CC(=O)O)C(=O)O. The molecule has 0 bridgehead atoms. The van der Waals surface area contributed by atoms with E-state index in [0.29, 0.717) is 6.54 Å². The van der Waals surface area contributed by atoms with Crippen molar-refractivity contribution in [1.82, 2.24) is 0 Å². The zero-order valence-corrected chi connectivity index (χ0v) is 11.5. The molecule has 0 saturated carbocycles. The molecular formula is C10H23NO10. The first-order chi connectivity index (χ1) is 9.10. The van der Waals surface area contributed by atoms with Crippen molar-refractivity contribution in [2.75, 3.05) is 19.8 Å². The van der Waals surface area contributed by atoms with E-state index in [-0.39, 0.29) is 18.7 Å². The van der Waals surface area contributed by atoms with Crippen LogP contribution in [0, 0.1) is 0 Å². The maximum Gasteiger partial charge on any atom is 0.336 e. The van der Waals surface area contributed by atoms with Crippen LogP contribution in [0.5, 0.6) is 0 Å². The van der Waals surface area contributed by atoms with Gasteiger partial charge in [0, 0.05) is 13.2 Å². The van der Waals surface area contributed by atoms with Crippen molar-refractivity contribution in [3.8, 4) is 0 Å². The summed E-state index contributed by atoms with van der Waals surface area (Å²) in [4.78, 5) is 30.5. The monoisotopic (exact) mass is 317 g/mol. The number of carbonyl (C=O) groups is 3. The molecule has 0 saturated heterocycles. The maximum absolute atomic E-state index is 10.3. The number of hydrogen-bond acceptors (Lipinski definition) is 7. The van der Waals surface area contributed by atoms with Crippen molar-refractivity contribution in [3.63, 3.8) is 0 Å². The van der Waals surface area contributed by atoms with Gasteiger partial charge >= 0.3 is 17.9 Å². The predicted octanol–water partition coefficient (Wildman–Crippen LogP) is -3.14. The van der Waals surface area contributed by atoms with Crippen molar-refractivity contribution in [2.24, 2.45) is 5.73 Å². The first kappa shape index (κ1) is 27.5. The van der Waals surface area contributed by atoms with E-state index < -0.39 is 36.4 Å². The van der Waals surface area contributed by atoms with Crippen LogP contribution >= 0.6 is 0 Å². The van der Waals surface area contributed by atoms with E-state index in [4.69, 9.17) is 36.4 Å². The molecule has 0 spiro atoms. The fourth-order valence-corrected chi connectivity index (χ4v) is 0.714. The Bertz CT molecular complexity index is 276. The molecule has 0 fully saturated rings. The normalized spacial score (nSPS) is 9.00. The Morgan fingerprint density at radius 2 is 1.24 bits per heavy atom. The van der Waals surface area contributed by atoms with Gasteiger partial charge in [0.25, 0.3) is 0 Å². The summed E-state index contributed by atoms with van der Waals surface area (Å²) >= 11 is 0. The maximum atomic E-state index is 10.3. The molecule has 0 heterocycles. The highest BCUT2D eigenvalue weighted by Gasteiger charge is 2.40. The average Bonchev–Trinajstić information content (AvgIpc) is 2.28. The second-order valence-electron chi connectivity index (χ2n) is 3.31. The lowest BCUT2D eigenvalue weighted by Crippen LogP contribution is -2.42. The summed E-state index contributed by atoms with van der Waals surface area (Å²) in [6, 6.07) is 0. The standard InChI is InChI=1S/C6H8O7.C2H7NO.C2H6O.H2O/c7-3(8)1-6(13,5(11)12)2-4(9)10;3-1-2-4;1-2-3;/h13H,1-2H2,(H,7,8)(H,9,10)(H,11,12);4H,1-3H2;3H,2H2,1H3;1H2. The molecule has 10 N–H and O–H groups in total. The Morgan fingerprint density at radius 3 is 1.33 bits per heavy atom. The zero-order chi connectivity index (χ0) is 16.8. The molecule has 128 valence electrons. The summed E-state index contributed by atoms with van der Waals surface area (Å²) in [6.07, 6.45) is -2.29. The second-order valence-corrected chi connectivity index (χ2v) is 3.31. The van der Waals surface area contributed by atoms with Crippen molar-refractivity contribution < 1.29 is 50.5 Å². The summed E-state index contributed by atoms with van der Waals surface area (Å²) in [5, 5.41) is 49.1. The summed E-state index contributed by atoms with van der Waals surface area (Å²) < 4.78 is 0. The van der Waals surface area contributed by atoms with Gasteiger partial charge in [-0.05, 0) is 6.92 Å². The molecule has 11 heteroatoms. The minimum absolute atomic E-state index is 0. The highest BCUT2D eigenvalue weighted by molar-refractivity contribution is 5.88. The van der Waals surface area contributed by atoms with E-state index >= 15 is 0 Å². The van der Waals surface area contributed by atoms with Crippen molar-refractivity contribution in [3.05, 3.63) is 0 Å². The molecule has 0 aromatic carbocycles. The first-order valence-electron chi connectivity index (χ1n) is 5.42. The molecule has 0 aliphatic rings. The quantitative estimate of drug-likeness (QED) is 0.260. The van der Waals surface area contributed by atoms with E-state index in [2.05, 4.69) is 0 Å². The van der Waals surface area contributed by atoms with Crippen molar-refractivity contribution in [1.29, 1.82) is 0 Å². The van der Waals surface area contributed by atoms with Crippen LogP contribution < -0.4 is 5.73 Å². The van der Waals surface area contributed by atoms with E-state index in [1.54, 1.807) is 6.92 Å². The zero-order valence-electron chi connectivity index (χ0n) is 11.5. The van der Waals surface area contributed by atoms with Crippen LogP contribution in [0.2, 0.25) is 0 Å². The lowest BCUT2D eigenvalue weighted by Gasteiger charge is -2.18. The summed E-state index contributed by atoms with van der Waals surface area (Å²) in [7, 11) is 0. The predicted molar refractivity (Wildman–Crippen MR) is 69.6 cm³/mol. The van der Waals surface area contributed by atoms with Crippen LogP contribution in [0.1, 0.15) is 19.8 Å². The van der Waals surface area contributed by atoms with Crippen molar-refractivity contribution in [2.45, 2.75) is 25.4 Å². The summed E-state index contributed by atoms with van der Waals surface area (Å²) in [5.74, 6) is -5.02. The van der Waals surface area contributed by atoms with E-state index in [1.807, 2.05) is 0 Å². The Labute approximate surface area is 120 Å². The highest BCUT2D eigenvalue weighted by Crippen LogP contribution is 2.15. The summed E-state index contributed by atoms with van der Waals surface area (Å²) in [6.45, 7) is 2.40.